The Labute approximate surface area is 185 Å². The van der Waals surface area contributed by atoms with Gasteiger partial charge in [-0.15, -0.1) is 11.8 Å². The highest BCUT2D eigenvalue weighted by atomic mass is 32.2. The average Bonchev–Trinajstić information content (AvgIpc) is 2.72. The van der Waals surface area contributed by atoms with Gasteiger partial charge in [-0.05, 0) is 72.2 Å². The standard InChI is InChI=1S/C27H30O2S/c1-6-29-26(28)22-12-9-20(10-13-22)7-8-21-11-14-24-23(17-21)25(30-18-19(2)3)15-16-27(24,4)5/h9-15,17,19H,6,16,18H2,1-5H3. The van der Waals surface area contributed by atoms with Gasteiger partial charge in [0.15, 0.2) is 0 Å². The Bertz CT molecular complexity index is 1000. The molecule has 2 aromatic carbocycles. The van der Waals surface area contributed by atoms with Gasteiger partial charge >= 0.3 is 5.97 Å². The third kappa shape index (κ3) is 5.37. The van der Waals surface area contributed by atoms with Crippen molar-refractivity contribution in [1.29, 1.82) is 0 Å². The van der Waals surface area contributed by atoms with Crippen molar-refractivity contribution in [1.82, 2.24) is 0 Å². The van der Waals surface area contributed by atoms with Gasteiger partial charge in [0.25, 0.3) is 0 Å². The quantitative estimate of drug-likeness (QED) is 0.400. The average molecular weight is 419 g/mol. The molecular weight excluding hydrogens is 388 g/mol. The predicted octanol–water partition coefficient (Wildman–Crippen LogP) is 6.67. The third-order valence-electron chi connectivity index (χ3n) is 5.13. The SMILES string of the molecule is CCOC(=O)c1ccc(C#Cc2ccc3c(c2)C(SCC(C)C)=CCC3(C)C)cc1. The van der Waals surface area contributed by atoms with Gasteiger partial charge in [-0.25, -0.2) is 4.79 Å². The number of hydrogen-bond donors (Lipinski definition) is 0. The first-order chi connectivity index (χ1) is 14.3. The molecule has 0 atom stereocenters. The van der Waals surface area contributed by atoms with Crippen LogP contribution in [0.1, 0.15) is 73.7 Å². The van der Waals surface area contributed by atoms with E-state index in [0.29, 0.717) is 18.1 Å². The second kappa shape index (κ2) is 9.58. The van der Waals surface area contributed by atoms with Gasteiger partial charge in [-0.3, -0.25) is 0 Å². The molecule has 156 valence electrons. The lowest BCUT2D eigenvalue weighted by Crippen LogP contribution is -2.21. The lowest BCUT2D eigenvalue weighted by molar-refractivity contribution is 0.0526. The number of carbonyl (C=O) groups excluding carboxylic acids is 1. The molecule has 1 aliphatic carbocycles. The molecule has 3 rings (SSSR count). The van der Waals surface area contributed by atoms with E-state index in [1.54, 1.807) is 19.1 Å². The Morgan fingerprint density at radius 3 is 2.43 bits per heavy atom. The zero-order valence-electron chi connectivity index (χ0n) is 18.5. The zero-order valence-corrected chi connectivity index (χ0v) is 19.4. The van der Waals surface area contributed by atoms with Gasteiger partial charge in [0, 0.05) is 21.8 Å². The molecule has 0 spiro atoms. The molecule has 0 saturated carbocycles. The summed E-state index contributed by atoms with van der Waals surface area (Å²) < 4.78 is 5.03. The number of thioether (sulfide) groups is 1. The van der Waals surface area contributed by atoms with Crippen LogP contribution in [0.3, 0.4) is 0 Å². The fourth-order valence-corrected chi connectivity index (χ4v) is 4.46. The molecule has 0 aromatic heterocycles. The van der Waals surface area contributed by atoms with Crippen molar-refractivity contribution in [3.05, 3.63) is 76.4 Å². The van der Waals surface area contributed by atoms with Gasteiger partial charge in [0.1, 0.15) is 0 Å². The molecule has 30 heavy (non-hydrogen) atoms. The minimum atomic E-state index is -0.299. The number of fused-ring (bicyclic) bond motifs is 1. The molecule has 0 saturated heterocycles. The summed E-state index contributed by atoms with van der Waals surface area (Å²) in [6, 6.07) is 13.9. The first kappa shape index (κ1) is 22.2. The fourth-order valence-electron chi connectivity index (χ4n) is 3.43. The smallest absolute Gasteiger partial charge is 0.338 e. The summed E-state index contributed by atoms with van der Waals surface area (Å²) in [5.41, 5.74) is 5.31. The van der Waals surface area contributed by atoms with Gasteiger partial charge in [-0.1, -0.05) is 51.7 Å². The van der Waals surface area contributed by atoms with E-state index in [1.165, 1.54) is 16.0 Å². The van der Waals surface area contributed by atoms with Crippen LogP contribution in [0.5, 0.6) is 0 Å². The van der Waals surface area contributed by atoms with Crippen molar-refractivity contribution in [2.24, 2.45) is 5.92 Å². The van der Waals surface area contributed by atoms with Crippen LogP contribution in [0.15, 0.2) is 48.5 Å². The summed E-state index contributed by atoms with van der Waals surface area (Å²) in [5, 5.41) is 0. The number of ether oxygens (including phenoxy) is 1. The normalized spacial score (nSPS) is 14.4. The Kier molecular flexibility index (Phi) is 7.10. The van der Waals surface area contributed by atoms with E-state index in [0.717, 1.165) is 23.3 Å². The van der Waals surface area contributed by atoms with E-state index in [4.69, 9.17) is 4.74 Å². The molecule has 0 heterocycles. The minimum Gasteiger partial charge on any atom is -0.462 e. The summed E-state index contributed by atoms with van der Waals surface area (Å²) in [6.07, 6.45) is 3.46. The molecule has 0 aliphatic heterocycles. The molecule has 1 aliphatic rings. The van der Waals surface area contributed by atoms with Gasteiger partial charge in [0.05, 0.1) is 12.2 Å². The number of carbonyl (C=O) groups is 1. The monoisotopic (exact) mass is 418 g/mol. The Morgan fingerprint density at radius 1 is 1.10 bits per heavy atom. The number of allylic oxidation sites excluding steroid dienone is 1. The maximum absolute atomic E-state index is 11.8. The summed E-state index contributed by atoms with van der Waals surface area (Å²) in [6.45, 7) is 11.3. The van der Waals surface area contributed by atoms with Crippen LogP contribution < -0.4 is 0 Å². The fraction of sp³-hybridized carbons (Fsp3) is 0.370. The first-order valence-corrected chi connectivity index (χ1v) is 11.6. The zero-order chi connectivity index (χ0) is 21.7. The first-order valence-electron chi connectivity index (χ1n) is 10.6. The van der Waals surface area contributed by atoms with Crippen molar-refractivity contribution >= 4 is 22.6 Å². The minimum absolute atomic E-state index is 0.145. The van der Waals surface area contributed by atoms with Crippen LogP contribution in [0.2, 0.25) is 0 Å². The van der Waals surface area contributed by atoms with Gasteiger partial charge < -0.3 is 4.74 Å². The van der Waals surface area contributed by atoms with Crippen molar-refractivity contribution in [3.8, 4) is 11.8 Å². The van der Waals surface area contributed by atoms with E-state index in [1.807, 2.05) is 23.9 Å². The summed E-state index contributed by atoms with van der Waals surface area (Å²) in [5.74, 6) is 8.00. The number of benzene rings is 2. The number of rotatable bonds is 5. The van der Waals surface area contributed by atoms with Crippen LogP contribution in [-0.2, 0) is 10.2 Å². The van der Waals surface area contributed by atoms with E-state index in [-0.39, 0.29) is 11.4 Å². The Morgan fingerprint density at radius 2 is 1.77 bits per heavy atom. The van der Waals surface area contributed by atoms with Crippen molar-refractivity contribution in [2.75, 3.05) is 12.4 Å². The predicted molar refractivity (Wildman–Crippen MR) is 128 cm³/mol. The maximum atomic E-state index is 11.8. The number of hydrogen-bond acceptors (Lipinski definition) is 3. The largest absolute Gasteiger partial charge is 0.462 e. The highest BCUT2D eigenvalue weighted by Gasteiger charge is 2.28. The van der Waals surface area contributed by atoms with Crippen LogP contribution in [0.4, 0.5) is 0 Å². The molecule has 0 N–H and O–H groups in total. The van der Waals surface area contributed by atoms with Gasteiger partial charge in [0.2, 0.25) is 0 Å². The molecule has 0 radical (unpaired) electrons. The molecule has 0 bridgehead atoms. The Hall–Kier alpha value is -2.44. The lowest BCUT2D eigenvalue weighted by atomic mass is 9.75. The maximum Gasteiger partial charge on any atom is 0.338 e. The van der Waals surface area contributed by atoms with Gasteiger partial charge in [-0.2, -0.15) is 0 Å². The van der Waals surface area contributed by atoms with Crippen molar-refractivity contribution in [2.45, 2.75) is 46.5 Å². The summed E-state index contributed by atoms with van der Waals surface area (Å²) in [4.78, 5) is 13.2. The molecule has 0 amide bonds. The highest BCUT2D eigenvalue weighted by Crippen LogP contribution is 2.43. The molecule has 2 aromatic rings. The van der Waals surface area contributed by atoms with Crippen molar-refractivity contribution in [3.63, 3.8) is 0 Å². The van der Waals surface area contributed by atoms with Crippen molar-refractivity contribution < 1.29 is 9.53 Å². The molecule has 2 nitrogen and oxygen atoms in total. The van der Waals surface area contributed by atoms with Crippen LogP contribution in [-0.4, -0.2) is 18.3 Å². The number of esters is 1. The van der Waals surface area contributed by atoms with Crippen LogP contribution >= 0.6 is 11.8 Å². The second-order valence-corrected chi connectivity index (χ2v) is 9.73. The third-order valence-corrected chi connectivity index (χ3v) is 6.66. The van der Waals surface area contributed by atoms with E-state index >= 15 is 0 Å². The molecular formula is C27H30O2S. The second-order valence-electron chi connectivity index (χ2n) is 8.67. The topological polar surface area (TPSA) is 26.3 Å². The molecule has 0 fully saturated rings. The van der Waals surface area contributed by atoms with Crippen LogP contribution in [0, 0.1) is 17.8 Å². The van der Waals surface area contributed by atoms with Crippen LogP contribution in [0.25, 0.3) is 4.91 Å². The molecule has 0 unspecified atom stereocenters. The summed E-state index contributed by atoms with van der Waals surface area (Å²) >= 11 is 1.95. The van der Waals surface area contributed by atoms with E-state index < -0.39 is 0 Å². The van der Waals surface area contributed by atoms with E-state index in [9.17, 15) is 4.79 Å². The highest BCUT2D eigenvalue weighted by molar-refractivity contribution is 8.08. The molecule has 3 heteroatoms. The summed E-state index contributed by atoms with van der Waals surface area (Å²) in [7, 11) is 0. The van der Waals surface area contributed by atoms with E-state index in [2.05, 4.69) is 63.8 Å². The Balaban J connectivity index is 1.85. The lowest BCUT2D eigenvalue weighted by Gasteiger charge is -2.32.